The number of ether oxygens (including phenoxy) is 2. The van der Waals surface area contributed by atoms with E-state index in [9.17, 15) is 24.3 Å². The summed E-state index contributed by atoms with van der Waals surface area (Å²) in [5, 5.41) is 15.6. The van der Waals surface area contributed by atoms with Crippen LogP contribution in [-0.4, -0.2) is 58.6 Å². The molecule has 0 bridgehead atoms. The highest BCUT2D eigenvalue weighted by Gasteiger charge is 2.38. The molecule has 0 saturated carbocycles. The van der Waals surface area contributed by atoms with Gasteiger partial charge in [-0.2, -0.15) is 0 Å². The van der Waals surface area contributed by atoms with Gasteiger partial charge >= 0.3 is 6.09 Å². The summed E-state index contributed by atoms with van der Waals surface area (Å²) < 4.78 is 10.5. The van der Waals surface area contributed by atoms with Crippen molar-refractivity contribution >= 4 is 29.5 Å². The summed E-state index contributed by atoms with van der Waals surface area (Å²) in [4.78, 5) is 53.9. The normalized spacial score (nSPS) is 13.3. The molecule has 0 aromatic heterocycles. The van der Waals surface area contributed by atoms with Crippen LogP contribution in [0.4, 0.5) is 10.5 Å². The number of phenols is 1. The molecule has 4 amide bonds. The number of hydrogen-bond donors (Lipinski definition) is 4. The van der Waals surface area contributed by atoms with E-state index in [2.05, 4.69) is 10.6 Å². The Morgan fingerprint density at radius 3 is 2.22 bits per heavy atom. The minimum atomic E-state index is -1.21. The van der Waals surface area contributed by atoms with Crippen molar-refractivity contribution in [2.45, 2.75) is 84.5 Å². The van der Waals surface area contributed by atoms with Crippen molar-refractivity contribution in [3.8, 4) is 11.5 Å². The minimum absolute atomic E-state index is 0.0374. The van der Waals surface area contributed by atoms with Crippen molar-refractivity contribution in [2.24, 2.45) is 5.73 Å². The highest BCUT2D eigenvalue weighted by molar-refractivity contribution is 5.99. The number of hydrogen-bond acceptors (Lipinski definition) is 7. The van der Waals surface area contributed by atoms with E-state index in [4.69, 9.17) is 15.2 Å². The molecule has 3 unspecified atom stereocenters. The number of anilines is 1. The second kappa shape index (κ2) is 14.4. The molecule has 0 aliphatic rings. The van der Waals surface area contributed by atoms with Gasteiger partial charge in [0, 0.05) is 18.2 Å². The van der Waals surface area contributed by atoms with E-state index in [1.54, 1.807) is 71.0 Å². The first-order valence-corrected chi connectivity index (χ1v) is 13.5. The summed E-state index contributed by atoms with van der Waals surface area (Å²) in [6.07, 6.45) is -0.642. The molecule has 11 heteroatoms. The van der Waals surface area contributed by atoms with Gasteiger partial charge in [-0.1, -0.05) is 13.0 Å². The summed E-state index contributed by atoms with van der Waals surface area (Å²) in [7, 11) is 1.53. The van der Waals surface area contributed by atoms with Crippen molar-refractivity contribution < 1.29 is 33.8 Å². The van der Waals surface area contributed by atoms with Gasteiger partial charge in [0.15, 0.2) is 0 Å². The SMILES string of the molecule is CCC(C)N(C(=O)C(CCC(N)=O)NC(=O)OC(C)(C)C)C(C(=O)Nc1ccc(OC)cc1)c1ccc(O)c(C)c1. The lowest BCUT2D eigenvalue weighted by molar-refractivity contribution is -0.143. The largest absolute Gasteiger partial charge is 0.508 e. The zero-order valence-corrected chi connectivity index (χ0v) is 24.8. The van der Waals surface area contributed by atoms with Gasteiger partial charge in [-0.3, -0.25) is 14.4 Å². The molecule has 41 heavy (non-hydrogen) atoms. The molecule has 0 saturated heterocycles. The summed E-state index contributed by atoms with van der Waals surface area (Å²) in [5.41, 5.74) is 5.98. The van der Waals surface area contributed by atoms with E-state index in [1.807, 2.05) is 6.92 Å². The molecule has 0 spiro atoms. The summed E-state index contributed by atoms with van der Waals surface area (Å²) >= 11 is 0. The maximum absolute atomic E-state index is 14.2. The second-order valence-corrected chi connectivity index (χ2v) is 10.9. The summed E-state index contributed by atoms with van der Waals surface area (Å²) in [5.74, 6) is -1.11. The van der Waals surface area contributed by atoms with Crippen molar-refractivity contribution in [3.63, 3.8) is 0 Å². The number of nitrogens with zero attached hydrogens (tertiary/aromatic N) is 1. The van der Waals surface area contributed by atoms with Crippen LogP contribution in [0.25, 0.3) is 0 Å². The standard InChI is InChI=1S/C30H42N4O7/c1-8-19(3)34(28(38)23(14-16-25(31)36)33-29(39)41-30(4,5)6)26(20-9-15-24(35)18(2)17-20)27(37)32-21-10-12-22(40-7)13-11-21/h9-13,15,17,19,23,26,35H,8,14,16H2,1-7H3,(H2,31,36)(H,32,37)(H,33,39). The highest BCUT2D eigenvalue weighted by atomic mass is 16.6. The van der Waals surface area contributed by atoms with Gasteiger partial charge in [0.1, 0.15) is 29.2 Å². The molecule has 3 atom stereocenters. The quantitative estimate of drug-likeness (QED) is 0.298. The fourth-order valence-electron chi connectivity index (χ4n) is 4.14. The predicted molar refractivity (Wildman–Crippen MR) is 155 cm³/mol. The number of methoxy groups -OCH3 is 1. The topological polar surface area (TPSA) is 160 Å². The number of carbonyl (C=O) groups excluding carboxylic acids is 4. The van der Waals surface area contributed by atoms with Crippen LogP contribution in [0, 0.1) is 6.92 Å². The Morgan fingerprint density at radius 1 is 1.07 bits per heavy atom. The van der Waals surface area contributed by atoms with E-state index < -0.39 is 47.5 Å². The zero-order chi connectivity index (χ0) is 30.9. The third kappa shape index (κ3) is 9.70. The van der Waals surface area contributed by atoms with Crippen molar-refractivity contribution in [3.05, 3.63) is 53.6 Å². The minimum Gasteiger partial charge on any atom is -0.508 e. The van der Waals surface area contributed by atoms with Gasteiger partial charge < -0.3 is 35.8 Å². The van der Waals surface area contributed by atoms with Crippen molar-refractivity contribution in [1.29, 1.82) is 0 Å². The number of alkyl carbamates (subject to hydrolysis) is 1. The molecule has 224 valence electrons. The number of carbonyl (C=O) groups is 4. The number of rotatable bonds is 12. The maximum atomic E-state index is 14.2. The van der Waals surface area contributed by atoms with Gasteiger partial charge in [0.05, 0.1) is 7.11 Å². The summed E-state index contributed by atoms with van der Waals surface area (Å²) in [6, 6.07) is 8.56. The Kier molecular flexibility index (Phi) is 11.5. The molecule has 11 nitrogen and oxygen atoms in total. The maximum Gasteiger partial charge on any atom is 0.408 e. The number of benzene rings is 2. The van der Waals surface area contributed by atoms with Crippen LogP contribution in [-0.2, 0) is 19.1 Å². The number of nitrogens with two attached hydrogens (primary N) is 1. The lowest BCUT2D eigenvalue weighted by Crippen LogP contribution is -2.55. The summed E-state index contributed by atoms with van der Waals surface area (Å²) in [6.45, 7) is 10.4. The van der Waals surface area contributed by atoms with E-state index in [0.29, 0.717) is 29.0 Å². The lowest BCUT2D eigenvalue weighted by Gasteiger charge is -2.38. The average molecular weight is 571 g/mol. The molecule has 5 N–H and O–H groups in total. The monoisotopic (exact) mass is 570 g/mol. The number of primary amides is 1. The van der Waals surface area contributed by atoms with Crippen LogP contribution in [0.2, 0.25) is 0 Å². The smallest absolute Gasteiger partial charge is 0.408 e. The number of nitrogens with one attached hydrogen (secondary N) is 2. The molecule has 0 radical (unpaired) electrons. The van der Waals surface area contributed by atoms with Crippen LogP contribution in [0.15, 0.2) is 42.5 Å². The molecular weight excluding hydrogens is 528 g/mol. The zero-order valence-electron chi connectivity index (χ0n) is 24.8. The third-order valence-electron chi connectivity index (χ3n) is 6.41. The molecule has 0 fully saturated rings. The Balaban J connectivity index is 2.59. The number of phenolic OH excluding ortho intramolecular Hbond substituents is 1. The molecule has 0 aliphatic heterocycles. The Bertz CT molecular complexity index is 1220. The van der Waals surface area contributed by atoms with E-state index in [-0.39, 0.29) is 18.6 Å². The van der Waals surface area contributed by atoms with E-state index in [1.165, 1.54) is 18.1 Å². The number of aryl methyl sites for hydroxylation is 1. The Morgan fingerprint density at radius 2 is 1.71 bits per heavy atom. The molecule has 2 aromatic rings. The fourth-order valence-corrected chi connectivity index (χ4v) is 4.14. The predicted octanol–water partition coefficient (Wildman–Crippen LogP) is 4.17. The highest BCUT2D eigenvalue weighted by Crippen LogP contribution is 2.31. The van der Waals surface area contributed by atoms with Crippen LogP contribution < -0.4 is 21.1 Å². The molecule has 2 aromatic carbocycles. The molecule has 0 heterocycles. The first-order chi connectivity index (χ1) is 19.2. The second-order valence-electron chi connectivity index (χ2n) is 10.9. The van der Waals surface area contributed by atoms with Crippen molar-refractivity contribution in [1.82, 2.24) is 10.2 Å². The molecule has 0 aliphatic carbocycles. The van der Waals surface area contributed by atoms with Crippen LogP contribution in [0.5, 0.6) is 11.5 Å². The number of amides is 4. The van der Waals surface area contributed by atoms with Crippen LogP contribution in [0.3, 0.4) is 0 Å². The fraction of sp³-hybridized carbons (Fsp3) is 0.467. The molecular formula is C30H42N4O7. The molecule has 2 rings (SSSR count). The van der Waals surface area contributed by atoms with E-state index >= 15 is 0 Å². The van der Waals surface area contributed by atoms with Crippen LogP contribution >= 0.6 is 0 Å². The average Bonchev–Trinajstić information content (AvgIpc) is 2.89. The first-order valence-electron chi connectivity index (χ1n) is 13.5. The van der Waals surface area contributed by atoms with Gasteiger partial charge in [-0.15, -0.1) is 0 Å². The lowest BCUT2D eigenvalue weighted by atomic mass is 9.97. The van der Waals surface area contributed by atoms with Gasteiger partial charge in [0.2, 0.25) is 11.8 Å². The Hall–Kier alpha value is -4.28. The number of aromatic hydroxyl groups is 1. The third-order valence-corrected chi connectivity index (χ3v) is 6.41. The first kappa shape index (κ1) is 32.9. The van der Waals surface area contributed by atoms with E-state index in [0.717, 1.165) is 0 Å². The Labute approximate surface area is 241 Å². The van der Waals surface area contributed by atoms with Crippen LogP contribution in [0.1, 0.15) is 71.0 Å². The van der Waals surface area contributed by atoms with Gasteiger partial charge in [0.25, 0.3) is 5.91 Å². The van der Waals surface area contributed by atoms with Gasteiger partial charge in [-0.25, -0.2) is 4.79 Å². The van der Waals surface area contributed by atoms with Gasteiger partial charge in [-0.05, 0) is 95.0 Å². The van der Waals surface area contributed by atoms with Crippen molar-refractivity contribution in [2.75, 3.05) is 12.4 Å².